The minimum atomic E-state index is -0.563. The van der Waals surface area contributed by atoms with E-state index < -0.39 is 6.04 Å². The molecule has 9 heteroatoms. The summed E-state index contributed by atoms with van der Waals surface area (Å²) in [6.45, 7) is 4.31. The molecule has 0 bridgehead atoms. The number of hydrogen-bond donors (Lipinski definition) is 2. The molecule has 0 radical (unpaired) electrons. The van der Waals surface area contributed by atoms with E-state index in [2.05, 4.69) is 15.0 Å². The van der Waals surface area contributed by atoms with Crippen molar-refractivity contribution in [2.45, 2.75) is 26.4 Å². The van der Waals surface area contributed by atoms with Crippen LogP contribution >= 0.6 is 0 Å². The molecule has 1 unspecified atom stereocenters. The fourth-order valence-corrected chi connectivity index (χ4v) is 5.16. The Balaban J connectivity index is 1.56. The fraction of sp³-hybridized carbons (Fsp3) is 0.138. The van der Waals surface area contributed by atoms with Gasteiger partial charge < -0.3 is 20.5 Å². The molecule has 2 aromatic carbocycles. The largest absolute Gasteiger partial charge is 0.508 e. The summed E-state index contributed by atoms with van der Waals surface area (Å²) in [5, 5.41) is 15.6. The second kappa shape index (κ2) is 9.11. The standard InChI is InChI=1S/C29H25N7O2/c1-17-6-3-4-9-23(17)36-20(13-22-25(24(36)15-37)18(2)10-11-31-22)14-35-29-26(28(30)32-16-33-29)27(34-35)19-7-5-8-21(38)12-19/h3-13,15-16,24,38H,14H2,1-2H3,(H2,30,32,33). The van der Waals surface area contributed by atoms with Gasteiger partial charge in [0.1, 0.15) is 35.9 Å². The molecule has 38 heavy (non-hydrogen) atoms. The van der Waals surface area contributed by atoms with E-state index in [4.69, 9.17) is 10.8 Å². The number of benzene rings is 2. The average Bonchev–Trinajstić information content (AvgIpc) is 3.28. The number of nitrogens with two attached hydrogens (primary N) is 1. The van der Waals surface area contributed by atoms with Crippen LogP contribution in [0.2, 0.25) is 0 Å². The normalized spacial score (nSPS) is 14.8. The van der Waals surface area contributed by atoms with Crippen LogP contribution in [0.3, 0.4) is 0 Å². The lowest BCUT2D eigenvalue weighted by Crippen LogP contribution is -2.35. The van der Waals surface area contributed by atoms with E-state index in [1.54, 1.807) is 29.1 Å². The number of allylic oxidation sites excluding steroid dienone is 1. The summed E-state index contributed by atoms with van der Waals surface area (Å²) in [7, 11) is 0. The highest BCUT2D eigenvalue weighted by molar-refractivity contribution is 5.98. The Hall–Kier alpha value is -5.05. The SMILES string of the molecule is Cc1ccccc1N1C(Cn2nc(-c3cccc(O)c3)c3c(N)ncnc32)=Cc2nccc(C)c2C1C=O. The Kier molecular flexibility index (Phi) is 5.60. The Morgan fingerprint density at radius 2 is 1.87 bits per heavy atom. The molecule has 3 N–H and O–H groups in total. The zero-order valence-electron chi connectivity index (χ0n) is 20.9. The van der Waals surface area contributed by atoms with Crippen molar-refractivity contribution in [2.75, 3.05) is 10.6 Å². The van der Waals surface area contributed by atoms with Gasteiger partial charge in [0.05, 0.1) is 17.6 Å². The van der Waals surface area contributed by atoms with Gasteiger partial charge in [-0.25, -0.2) is 14.6 Å². The van der Waals surface area contributed by atoms with Crippen molar-refractivity contribution in [3.8, 4) is 17.0 Å². The number of aryl methyl sites for hydroxylation is 2. The summed E-state index contributed by atoms with van der Waals surface area (Å²) in [5.41, 5.74) is 13.5. The highest BCUT2D eigenvalue weighted by Crippen LogP contribution is 2.40. The molecule has 6 rings (SSSR count). The second-order valence-electron chi connectivity index (χ2n) is 9.31. The number of pyridine rings is 1. The van der Waals surface area contributed by atoms with Gasteiger partial charge in [0, 0.05) is 28.7 Å². The van der Waals surface area contributed by atoms with Crippen LogP contribution in [0.5, 0.6) is 5.75 Å². The quantitative estimate of drug-likeness (QED) is 0.334. The van der Waals surface area contributed by atoms with Gasteiger partial charge >= 0.3 is 0 Å². The number of rotatable bonds is 5. The topological polar surface area (TPSA) is 123 Å². The number of para-hydroxylation sites is 1. The van der Waals surface area contributed by atoms with Crippen LogP contribution in [0.15, 0.2) is 72.8 Å². The Bertz CT molecular complexity index is 1740. The number of aldehydes is 1. The molecule has 9 nitrogen and oxygen atoms in total. The van der Waals surface area contributed by atoms with E-state index in [0.717, 1.165) is 40.1 Å². The average molecular weight is 504 g/mol. The predicted molar refractivity (Wildman–Crippen MR) is 146 cm³/mol. The third-order valence-corrected chi connectivity index (χ3v) is 6.92. The van der Waals surface area contributed by atoms with Gasteiger partial charge in [-0.15, -0.1) is 0 Å². The van der Waals surface area contributed by atoms with Crippen LogP contribution in [0.1, 0.15) is 28.4 Å². The van der Waals surface area contributed by atoms with Gasteiger partial charge in [-0.3, -0.25) is 4.98 Å². The monoisotopic (exact) mass is 503 g/mol. The first-order chi connectivity index (χ1) is 18.5. The molecule has 0 saturated heterocycles. The van der Waals surface area contributed by atoms with Gasteiger partial charge in [0.25, 0.3) is 0 Å². The number of phenolic OH excluding ortho intramolecular Hbond substituents is 1. The molecule has 5 aromatic rings. The molecule has 3 aromatic heterocycles. The van der Waals surface area contributed by atoms with E-state index in [0.29, 0.717) is 34.7 Å². The number of carbonyl (C=O) groups is 1. The zero-order chi connectivity index (χ0) is 26.4. The van der Waals surface area contributed by atoms with Crippen molar-refractivity contribution in [1.29, 1.82) is 0 Å². The predicted octanol–water partition coefficient (Wildman–Crippen LogP) is 4.59. The minimum Gasteiger partial charge on any atom is -0.508 e. The molecule has 4 heterocycles. The number of hydrogen-bond acceptors (Lipinski definition) is 8. The van der Waals surface area contributed by atoms with Crippen molar-refractivity contribution >= 4 is 34.9 Å². The van der Waals surface area contributed by atoms with Crippen molar-refractivity contribution in [3.05, 3.63) is 95.2 Å². The number of carbonyl (C=O) groups excluding carboxylic acids is 1. The number of aromatic hydroxyl groups is 1. The molecule has 0 saturated carbocycles. The maximum absolute atomic E-state index is 12.7. The first kappa shape index (κ1) is 23.4. The van der Waals surface area contributed by atoms with E-state index in [-0.39, 0.29) is 5.75 Å². The van der Waals surface area contributed by atoms with Gasteiger partial charge in [-0.1, -0.05) is 30.3 Å². The maximum atomic E-state index is 12.7. The van der Waals surface area contributed by atoms with E-state index in [9.17, 15) is 9.90 Å². The summed E-state index contributed by atoms with van der Waals surface area (Å²) in [4.78, 5) is 28.0. The number of aromatic nitrogens is 5. The van der Waals surface area contributed by atoms with Crippen molar-refractivity contribution < 1.29 is 9.90 Å². The third-order valence-electron chi connectivity index (χ3n) is 6.92. The van der Waals surface area contributed by atoms with Gasteiger partial charge in [0.15, 0.2) is 5.65 Å². The number of nitrogen functional groups attached to an aromatic ring is 1. The van der Waals surface area contributed by atoms with E-state index >= 15 is 0 Å². The molecule has 0 spiro atoms. The van der Waals surface area contributed by atoms with Crippen LogP contribution < -0.4 is 10.6 Å². The molecule has 1 aliphatic rings. The van der Waals surface area contributed by atoms with Crippen LogP contribution in [-0.4, -0.2) is 36.1 Å². The minimum absolute atomic E-state index is 0.119. The van der Waals surface area contributed by atoms with E-state index in [1.165, 1.54) is 6.33 Å². The lowest BCUT2D eigenvalue weighted by atomic mass is 9.93. The number of nitrogens with zero attached hydrogens (tertiary/aromatic N) is 6. The third kappa shape index (κ3) is 3.76. The summed E-state index contributed by atoms with van der Waals surface area (Å²) >= 11 is 0. The molecule has 1 atom stereocenters. The van der Waals surface area contributed by atoms with Gasteiger partial charge in [0.2, 0.25) is 0 Å². The Labute approximate surface area is 218 Å². The smallest absolute Gasteiger partial charge is 0.164 e. The summed E-state index contributed by atoms with van der Waals surface area (Å²) in [5.74, 6) is 0.412. The summed E-state index contributed by atoms with van der Waals surface area (Å²) in [6, 6.07) is 16.2. The lowest BCUT2D eigenvalue weighted by molar-refractivity contribution is -0.109. The second-order valence-corrected chi connectivity index (χ2v) is 9.31. The number of phenols is 1. The molecular formula is C29H25N7O2. The van der Waals surface area contributed by atoms with Crippen LogP contribution in [-0.2, 0) is 11.3 Å². The molecule has 0 aliphatic carbocycles. The Morgan fingerprint density at radius 1 is 1.03 bits per heavy atom. The molecule has 1 aliphatic heterocycles. The number of fused-ring (bicyclic) bond motifs is 2. The van der Waals surface area contributed by atoms with Crippen molar-refractivity contribution in [2.24, 2.45) is 0 Å². The first-order valence-electron chi connectivity index (χ1n) is 12.2. The molecule has 188 valence electrons. The highest BCUT2D eigenvalue weighted by Gasteiger charge is 2.33. The summed E-state index contributed by atoms with van der Waals surface area (Å²) in [6.07, 6.45) is 6.13. The van der Waals surface area contributed by atoms with Crippen LogP contribution in [0, 0.1) is 13.8 Å². The van der Waals surface area contributed by atoms with Crippen LogP contribution in [0.25, 0.3) is 28.4 Å². The van der Waals surface area contributed by atoms with Crippen molar-refractivity contribution in [3.63, 3.8) is 0 Å². The highest BCUT2D eigenvalue weighted by atomic mass is 16.3. The molecular weight excluding hydrogens is 478 g/mol. The van der Waals surface area contributed by atoms with E-state index in [1.807, 2.05) is 61.2 Å². The fourth-order valence-electron chi connectivity index (χ4n) is 5.16. The Morgan fingerprint density at radius 3 is 2.66 bits per heavy atom. The van der Waals surface area contributed by atoms with Crippen molar-refractivity contribution in [1.82, 2.24) is 24.7 Å². The first-order valence-corrected chi connectivity index (χ1v) is 12.2. The molecule has 0 amide bonds. The number of anilines is 2. The van der Waals surface area contributed by atoms with Gasteiger partial charge in [-0.05, 0) is 55.3 Å². The van der Waals surface area contributed by atoms with Gasteiger partial charge in [-0.2, -0.15) is 5.10 Å². The zero-order valence-corrected chi connectivity index (χ0v) is 20.9. The van der Waals surface area contributed by atoms with Crippen LogP contribution in [0.4, 0.5) is 11.5 Å². The maximum Gasteiger partial charge on any atom is 0.164 e. The molecule has 0 fully saturated rings. The summed E-state index contributed by atoms with van der Waals surface area (Å²) < 4.78 is 1.76. The lowest BCUT2D eigenvalue weighted by Gasteiger charge is -2.38.